The number of aromatic nitrogens is 1. The Morgan fingerprint density at radius 3 is 2.95 bits per heavy atom. The molecular formula is C15H19N3O. The zero-order valence-electron chi connectivity index (χ0n) is 11.3. The molecule has 100 valence electrons. The summed E-state index contributed by atoms with van der Waals surface area (Å²) in [4.78, 5) is 18.6. The van der Waals surface area contributed by atoms with Gasteiger partial charge in [-0.2, -0.15) is 5.26 Å². The molecule has 1 aromatic heterocycles. The first-order valence-corrected chi connectivity index (χ1v) is 6.93. The molecule has 1 fully saturated rings. The highest BCUT2D eigenvalue weighted by Gasteiger charge is 2.25. The molecule has 1 saturated heterocycles. The molecule has 0 N–H and O–H groups in total. The summed E-state index contributed by atoms with van der Waals surface area (Å²) in [5.41, 5.74) is 0.929. The number of amides is 1. The van der Waals surface area contributed by atoms with Crippen LogP contribution >= 0.6 is 0 Å². The Hall–Kier alpha value is -1.89. The van der Waals surface area contributed by atoms with Gasteiger partial charge in [-0.3, -0.25) is 4.79 Å². The summed E-state index contributed by atoms with van der Waals surface area (Å²) < 4.78 is 0. The molecule has 1 atom stereocenters. The highest BCUT2D eigenvalue weighted by Crippen LogP contribution is 2.20. The van der Waals surface area contributed by atoms with E-state index >= 15 is 0 Å². The molecule has 2 heterocycles. The van der Waals surface area contributed by atoms with Crippen LogP contribution in [0, 0.1) is 11.3 Å². The van der Waals surface area contributed by atoms with Gasteiger partial charge in [0.05, 0.1) is 5.56 Å². The van der Waals surface area contributed by atoms with Crippen LogP contribution in [0.3, 0.4) is 0 Å². The van der Waals surface area contributed by atoms with Crippen LogP contribution in [-0.4, -0.2) is 28.4 Å². The molecule has 1 unspecified atom stereocenters. The quantitative estimate of drug-likeness (QED) is 0.818. The third-order valence-corrected chi connectivity index (χ3v) is 3.72. The number of rotatable bonds is 2. The second kappa shape index (κ2) is 6.33. The molecule has 0 radical (unpaired) electrons. The summed E-state index contributed by atoms with van der Waals surface area (Å²) in [6.07, 6.45) is 7.00. The van der Waals surface area contributed by atoms with E-state index in [1.807, 2.05) is 11.0 Å². The van der Waals surface area contributed by atoms with E-state index in [1.165, 1.54) is 19.0 Å². The molecule has 0 bridgehead atoms. The number of carbonyl (C=O) groups is 1. The van der Waals surface area contributed by atoms with Crippen LogP contribution in [-0.2, 0) is 0 Å². The first kappa shape index (κ1) is 13.5. The van der Waals surface area contributed by atoms with Crippen molar-refractivity contribution in [3.05, 3.63) is 29.6 Å². The van der Waals surface area contributed by atoms with Gasteiger partial charge in [0.25, 0.3) is 5.91 Å². The van der Waals surface area contributed by atoms with Crippen molar-refractivity contribution in [1.82, 2.24) is 9.88 Å². The monoisotopic (exact) mass is 257 g/mol. The van der Waals surface area contributed by atoms with E-state index in [1.54, 1.807) is 12.1 Å². The maximum Gasteiger partial charge on any atom is 0.272 e. The number of nitrogens with zero attached hydrogens (tertiary/aromatic N) is 3. The minimum atomic E-state index is -0.00163. The van der Waals surface area contributed by atoms with Gasteiger partial charge in [-0.05, 0) is 31.4 Å². The Kier molecular flexibility index (Phi) is 4.51. The number of hydrogen-bond donors (Lipinski definition) is 0. The molecule has 1 aromatic rings. The molecule has 0 spiro atoms. The Morgan fingerprint density at radius 1 is 1.47 bits per heavy atom. The first-order chi connectivity index (χ1) is 9.26. The van der Waals surface area contributed by atoms with Crippen molar-refractivity contribution < 1.29 is 4.79 Å². The second-order valence-electron chi connectivity index (χ2n) is 4.95. The molecule has 1 aliphatic heterocycles. The highest BCUT2D eigenvalue weighted by molar-refractivity contribution is 5.92. The number of hydrogen-bond acceptors (Lipinski definition) is 3. The van der Waals surface area contributed by atoms with Crippen molar-refractivity contribution in [1.29, 1.82) is 5.26 Å². The summed E-state index contributed by atoms with van der Waals surface area (Å²) in [6.45, 7) is 2.95. The maximum absolute atomic E-state index is 12.5. The van der Waals surface area contributed by atoms with Gasteiger partial charge in [0.15, 0.2) is 0 Å². The summed E-state index contributed by atoms with van der Waals surface area (Å²) in [7, 11) is 0. The predicted octanol–water partition coefficient (Wildman–Crippen LogP) is 2.75. The predicted molar refractivity (Wildman–Crippen MR) is 72.5 cm³/mol. The molecule has 4 nitrogen and oxygen atoms in total. The Morgan fingerprint density at radius 2 is 2.32 bits per heavy atom. The summed E-state index contributed by atoms with van der Waals surface area (Å²) in [6, 6.07) is 5.64. The van der Waals surface area contributed by atoms with Crippen molar-refractivity contribution in [2.75, 3.05) is 6.54 Å². The molecule has 0 saturated carbocycles. The van der Waals surface area contributed by atoms with E-state index < -0.39 is 0 Å². The van der Waals surface area contributed by atoms with Crippen LogP contribution in [0.15, 0.2) is 18.3 Å². The normalized spacial score (nSPS) is 19.6. The molecule has 0 aromatic carbocycles. The van der Waals surface area contributed by atoms with Gasteiger partial charge in [0.2, 0.25) is 0 Å². The fraction of sp³-hybridized carbons (Fsp3) is 0.533. The molecule has 0 aliphatic carbocycles. The smallest absolute Gasteiger partial charge is 0.272 e. The SMILES string of the molecule is CCC1CCCCCN1C(=O)c1ccc(C#N)cn1. The van der Waals surface area contributed by atoms with E-state index in [0.29, 0.717) is 17.3 Å². The summed E-state index contributed by atoms with van der Waals surface area (Å²) >= 11 is 0. The molecule has 4 heteroatoms. The van der Waals surface area contributed by atoms with Gasteiger partial charge in [-0.1, -0.05) is 19.8 Å². The Bertz CT molecular complexity index is 475. The lowest BCUT2D eigenvalue weighted by molar-refractivity contribution is 0.0672. The van der Waals surface area contributed by atoms with Gasteiger partial charge >= 0.3 is 0 Å². The average Bonchev–Trinajstić information content (AvgIpc) is 2.71. The van der Waals surface area contributed by atoms with Crippen molar-refractivity contribution in [2.24, 2.45) is 0 Å². The summed E-state index contributed by atoms with van der Waals surface area (Å²) in [5, 5.41) is 8.75. The van der Waals surface area contributed by atoms with E-state index in [9.17, 15) is 4.79 Å². The van der Waals surface area contributed by atoms with Crippen LogP contribution in [0.5, 0.6) is 0 Å². The molecular weight excluding hydrogens is 238 g/mol. The minimum Gasteiger partial charge on any atom is -0.334 e. The fourth-order valence-corrected chi connectivity index (χ4v) is 2.60. The van der Waals surface area contributed by atoms with Gasteiger partial charge in [-0.25, -0.2) is 4.98 Å². The standard InChI is InChI=1S/C15H19N3O/c1-2-13-6-4-3-5-9-18(13)15(19)14-8-7-12(10-16)11-17-14/h7-8,11,13H,2-6,9H2,1H3. The Balaban J connectivity index is 2.18. The zero-order valence-corrected chi connectivity index (χ0v) is 11.3. The van der Waals surface area contributed by atoms with Crippen molar-refractivity contribution in [3.63, 3.8) is 0 Å². The van der Waals surface area contributed by atoms with Gasteiger partial charge in [0, 0.05) is 18.8 Å². The lowest BCUT2D eigenvalue weighted by Gasteiger charge is -2.29. The number of nitriles is 1. The number of pyridine rings is 1. The lowest BCUT2D eigenvalue weighted by atomic mass is 10.1. The lowest BCUT2D eigenvalue weighted by Crippen LogP contribution is -2.40. The van der Waals surface area contributed by atoms with Crippen LogP contribution in [0.25, 0.3) is 0 Å². The van der Waals surface area contributed by atoms with Crippen molar-refractivity contribution >= 4 is 5.91 Å². The van der Waals surface area contributed by atoms with E-state index in [2.05, 4.69) is 11.9 Å². The molecule has 1 aliphatic rings. The minimum absolute atomic E-state index is 0.00163. The largest absolute Gasteiger partial charge is 0.334 e. The number of likely N-dealkylation sites (tertiary alicyclic amines) is 1. The highest BCUT2D eigenvalue weighted by atomic mass is 16.2. The summed E-state index contributed by atoms with van der Waals surface area (Å²) in [5.74, 6) is -0.00163. The first-order valence-electron chi connectivity index (χ1n) is 6.93. The van der Waals surface area contributed by atoms with Gasteiger partial charge in [0.1, 0.15) is 11.8 Å². The van der Waals surface area contributed by atoms with Crippen LogP contribution in [0.4, 0.5) is 0 Å². The third kappa shape index (κ3) is 3.11. The maximum atomic E-state index is 12.5. The van der Waals surface area contributed by atoms with Gasteiger partial charge in [-0.15, -0.1) is 0 Å². The van der Waals surface area contributed by atoms with Crippen LogP contribution in [0.1, 0.15) is 55.1 Å². The molecule has 19 heavy (non-hydrogen) atoms. The van der Waals surface area contributed by atoms with E-state index in [0.717, 1.165) is 25.8 Å². The molecule has 1 amide bonds. The van der Waals surface area contributed by atoms with Crippen molar-refractivity contribution in [2.45, 2.75) is 45.1 Å². The van der Waals surface area contributed by atoms with E-state index in [4.69, 9.17) is 5.26 Å². The van der Waals surface area contributed by atoms with Crippen LogP contribution in [0.2, 0.25) is 0 Å². The van der Waals surface area contributed by atoms with Crippen molar-refractivity contribution in [3.8, 4) is 6.07 Å². The fourth-order valence-electron chi connectivity index (χ4n) is 2.60. The van der Waals surface area contributed by atoms with Crippen LogP contribution < -0.4 is 0 Å². The van der Waals surface area contributed by atoms with Gasteiger partial charge < -0.3 is 4.90 Å². The average molecular weight is 257 g/mol. The number of carbonyl (C=O) groups excluding carboxylic acids is 1. The topological polar surface area (TPSA) is 57.0 Å². The Labute approximate surface area is 114 Å². The van der Waals surface area contributed by atoms with E-state index in [-0.39, 0.29) is 5.91 Å². The molecule has 2 rings (SSSR count). The second-order valence-corrected chi connectivity index (χ2v) is 4.95. The zero-order chi connectivity index (χ0) is 13.7. The third-order valence-electron chi connectivity index (χ3n) is 3.72.